The number of aromatic amines is 1. The van der Waals surface area contributed by atoms with E-state index in [2.05, 4.69) is 35.7 Å². The van der Waals surface area contributed by atoms with Crippen molar-refractivity contribution < 1.29 is 9.21 Å². The van der Waals surface area contributed by atoms with Crippen LogP contribution < -0.4 is 5.32 Å². The molecule has 2 N–H and O–H groups in total. The fourth-order valence-electron chi connectivity index (χ4n) is 3.04. The second kappa shape index (κ2) is 8.40. The van der Waals surface area contributed by atoms with Gasteiger partial charge in [-0.25, -0.2) is 4.98 Å². The molecule has 0 aliphatic heterocycles. The van der Waals surface area contributed by atoms with Crippen LogP contribution >= 0.6 is 11.8 Å². The van der Waals surface area contributed by atoms with Crippen molar-refractivity contribution in [3.8, 4) is 11.5 Å². The molecular weight excluding hydrogens is 416 g/mol. The molecule has 0 saturated heterocycles. The first-order chi connectivity index (χ1) is 15.3. The van der Waals surface area contributed by atoms with Crippen molar-refractivity contribution in [1.82, 2.24) is 34.9 Å². The number of amides is 1. The van der Waals surface area contributed by atoms with Gasteiger partial charge in [-0.1, -0.05) is 11.8 Å². The molecule has 5 rings (SSSR count). The van der Waals surface area contributed by atoms with Crippen LogP contribution in [0, 0.1) is 0 Å². The molecule has 4 aromatic heterocycles. The topological polar surface area (TPSA) is 127 Å². The van der Waals surface area contributed by atoms with Gasteiger partial charge in [0.2, 0.25) is 5.91 Å². The third kappa shape index (κ3) is 4.16. The normalized spacial score (nSPS) is 11.1. The van der Waals surface area contributed by atoms with Crippen molar-refractivity contribution in [3.63, 3.8) is 0 Å². The summed E-state index contributed by atoms with van der Waals surface area (Å²) in [5.74, 6) is 1.30. The maximum Gasteiger partial charge on any atom is 0.234 e. The summed E-state index contributed by atoms with van der Waals surface area (Å²) in [7, 11) is 0. The second-order valence-corrected chi connectivity index (χ2v) is 7.51. The molecule has 0 aliphatic carbocycles. The number of furan rings is 1. The molecule has 10 nitrogen and oxygen atoms in total. The minimum atomic E-state index is -0.155. The molecule has 0 fully saturated rings. The number of carbonyl (C=O) groups excluding carboxylic acids is 1. The van der Waals surface area contributed by atoms with Gasteiger partial charge in [0.15, 0.2) is 11.0 Å². The Hall–Kier alpha value is -3.99. The first kappa shape index (κ1) is 19.0. The van der Waals surface area contributed by atoms with Crippen molar-refractivity contribution in [1.29, 1.82) is 0 Å². The molecule has 0 saturated carbocycles. The fourth-order valence-corrected chi connectivity index (χ4v) is 3.78. The number of anilines is 1. The molecule has 0 atom stereocenters. The average molecular weight is 432 g/mol. The monoisotopic (exact) mass is 432 g/mol. The standard InChI is InChI=1S/C20H16N8O2S/c29-18(24-14-4-3-13-9-23-25-16(13)8-14)12-31-20-27-26-19(17-10-21-5-6-22-17)28(20)11-15-2-1-7-30-15/h1-10H,11-12H2,(H,23,25)(H,24,29). The van der Waals surface area contributed by atoms with Gasteiger partial charge in [0.05, 0.1) is 36.5 Å². The summed E-state index contributed by atoms with van der Waals surface area (Å²) in [6, 6.07) is 9.27. The van der Waals surface area contributed by atoms with Gasteiger partial charge < -0.3 is 9.73 Å². The van der Waals surface area contributed by atoms with Crippen LogP contribution in [0.2, 0.25) is 0 Å². The number of hydrogen-bond donors (Lipinski definition) is 2. The summed E-state index contributed by atoms with van der Waals surface area (Å²) in [6.07, 6.45) is 8.15. The van der Waals surface area contributed by atoms with Crippen LogP contribution in [0.15, 0.2) is 71.0 Å². The zero-order valence-electron chi connectivity index (χ0n) is 16.1. The number of benzene rings is 1. The Balaban J connectivity index is 1.33. The Kier molecular flexibility index (Phi) is 5.15. The Morgan fingerprint density at radius 3 is 3.00 bits per heavy atom. The molecule has 0 unspecified atom stereocenters. The largest absolute Gasteiger partial charge is 0.467 e. The van der Waals surface area contributed by atoms with Crippen LogP contribution in [0.25, 0.3) is 22.4 Å². The lowest BCUT2D eigenvalue weighted by molar-refractivity contribution is -0.113. The van der Waals surface area contributed by atoms with E-state index in [0.29, 0.717) is 28.9 Å². The maximum absolute atomic E-state index is 12.5. The summed E-state index contributed by atoms with van der Waals surface area (Å²) in [5, 5.41) is 19.9. The Labute approximate surface area is 180 Å². The van der Waals surface area contributed by atoms with Gasteiger partial charge in [0.1, 0.15) is 11.5 Å². The molecule has 1 aromatic carbocycles. The van der Waals surface area contributed by atoms with Crippen LogP contribution in [0.5, 0.6) is 0 Å². The van der Waals surface area contributed by atoms with Gasteiger partial charge in [-0.15, -0.1) is 10.2 Å². The van der Waals surface area contributed by atoms with Crippen LogP contribution in [-0.4, -0.2) is 46.6 Å². The van der Waals surface area contributed by atoms with E-state index in [0.717, 1.165) is 16.7 Å². The quantitative estimate of drug-likeness (QED) is 0.376. The number of carbonyl (C=O) groups is 1. The third-order valence-electron chi connectivity index (χ3n) is 4.46. The second-order valence-electron chi connectivity index (χ2n) is 6.57. The Morgan fingerprint density at radius 2 is 2.16 bits per heavy atom. The van der Waals surface area contributed by atoms with E-state index in [4.69, 9.17) is 4.42 Å². The van der Waals surface area contributed by atoms with Crippen molar-refractivity contribution in [2.75, 3.05) is 11.1 Å². The lowest BCUT2D eigenvalue weighted by Gasteiger charge is -2.08. The summed E-state index contributed by atoms with van der Waals surface area (Å²) >= 11 is 1.28. The molecule has 154 valence electrons. The van der Waals surface area contributed by atoms with E-state index in [9.17, 15) is 4.79 Å². The molecule has 0 radical (unpaired) electrons. The van der Waals surface area contributed by atoms with E-state index in [1.54, 1.807) is 31.1 Å². The highest BCUT2D eigenvalue weighted by Crippen LogP contribution is 2.24. The molecule has 0 spiro atoms. The van der Waals surface area contributed by atoms with Gasteiger partial charge >= 0.3 is 0 Å². The zero-order valence-corrected chi connectivity index (χ0v) is 16.9. The van der Waals surface area contributed by atoms with E-state index in [-0.39, 0.29) is 11.7 Å². The summed E-state index contributed by atoms with van der Waals surface area (Å²) in [4.78, 5) is 20.9. The number of thioether (sulfide) groups is 1. The SMILES string of the molecule is O=C(CSc1nnc(-c2cnccn2)n1Cc1ccco1)Nc1ccc2cn[nH]c2c1. The number of aromatic nitrogens is 7. The molecule has 5 aromatic rings. The predicted octanol–water partition coefficient (Wildman–Crippen LogP) is 2.98. The van der Waals surface area contributed by atoms with Crippen LogP contribution in [-0.2, 0) is 11.3 Å². The van der Waals surface area contributed by atoms with Crippen molar-refractivity contribution in [2.24, 2.45) is 0 Å². The van der Waals surface area contributed by atoms with Gasteiger partial charge in [-0.2, -0.15) is 5.10 Å². The smallest absolute Gasteiger partial charge is 0.234 e. The van der Waals surface area contributed by atoms with Gasteiger partial charge in [-0.05, 0) is 30.3 Å². The fraction of sp³-hybridized carbons (Fsp3) is 0.100. The summed E-state index contributed by atoms with van der Waals surface area (Å²) in [5.41, 5.74) is 2.14. The number of rotatable bonds is 7. The highest BCUT2D eigenvalue weighted by molar-refractivity contribution is 7.99. The molecule has 31 heavy (non-hydrogen) atoms. The first-order valence-corrected chi connectivity index (χ1v) is 10.3. The number of nitrogens with zero attached hydrogens (tertiary/aromatic N) is 6. The predicted molar refractivity (Wildman–Crippen MR) is 114 cm³/mol. The van der Waals surface area contributed by atoms with Gasteiger partial charge in [0, 0.05) is 23.5 Å². The van der Waals surface area contributed by atoms with Gasteiger partial charge in [-0.3, -0.25) is 19.4 Å². The minimum absolute atomic E-state index is 0.155. The lowest BCUT2D eigenvalue weighted by atomic mass is 10.2. The Bertz CT molecular complexity index is 1310. The third-order valence-corrected chi connectivity index (χ3v) is 5.43. The average Bonchev–Trinajstić information content (AvgIpc) is 3.54. The first-order valence-electron chi connectivity index (χ1n) is 9.34. The maximum atomic E-state index is 12.5. The van der Waals surface area contributed by atoms with Crippen LogP contribution in [0.4, 0.5) is 5.69 Å². The molecule has 11 heteroatoms. The number of fused-ring (bicyclic) bond motifs is 1. The zero-order chi connectivity index (χ0) is 21.0. The summed E-state index contributed by atoms with van der Waals surface area (Å²) < 4.78 is 7.34. The van der Waals surface area contributed by atoms with Crippen molar-refractivity contribution >= 4 is 34.3 Å². The molecular formula is C20H16N8O2S. The van der Waals surface area contributed by atoms with Crippen molar-refractivity contribution in [3.05, 3.63) is 67.1 Å². The van der Waals surface area contributed by atoms with Crippen molar-refractivity contribution in [2.45, 2.75) is 11.7 Å². The highest BCUT2D eigenvalue weighted by atomic mass is 32.2. The highest BCUT2D eigenvalue weighted by Gasteiger charge is 2.18. The number of hydrogen-bond acceptors (Lipinski definition) is 8. The molecule has 1 amide bonds. The summed E-state index contributed by atoms with van der Waals surface area (Å²) in [6.45, 7) is 0.409. The van der Waals surface area contributed by atoms with E-state index >= 15 is 0 Å². The van der Waals surface area contributed by atoms with Gasteiger partial charge in [0.25, 0.3) is 0 Å². The molecule has 0 aliphatic rings. The van der Waals surface area contributed by atoms with E-state index in [1.165, 1.54) is 11.8 Å². The minimum Gasteiger partial charge on any atom is -0.467 e. The van der Waals surface area contributed by atoms with Crippen LogP contribution in [0.1, 0.15) is 5.76 Å². The number of nitrogens with one attached hydrogen (secondary N) is 2. The Morgan fingerprint density at radius 1 is 1.19 bits per heavy atom. The molecule has 4 heterocycles. The number of H-pyrrole nitrogens is 1. The van der Waals surface area contributed by atoms with E-state index in [1.807, 2.05) is 34.9 Å². The lowest BCUT2D eigenvalue weighted by Crippen LogP contribution is -2.14. The molecule has 0 bridgehead atoms. The van der Waals surface area contributed by atoms with Crippen LogP contribution in [0.3, 0.4) is 0 Å². The van der Waals surface area contributed by atoms with E-state index < -0.39 is 0 Å².